The molecule has 0 spiro atoms. The summed E-state index contributed by atoms with van der Waals surface area (Å²) in [5, 5.41) is 13.6. The molecule has 0 bridgehead atoms. The van der Waals surface area contributed by atoms with Gasteiger partial charge in [-0.15, -0.1) is 0 Å². The van der Waals surface area contributed by atoms with Crippen LogP contribution in [0, 0.1) is 10.1 Å². The standard InChI is InChI=1S/C11H14N4O3/c16-11(14-5-1-2-6-14)8-13-9-3-4-12-7-10(9)15(17)18/h3-4,7H,1-2,5-6,8H2,(H,12,13). The molecule has 0 aromatic carbocycles. The summed E-state index contributed by atoms with van der Waals surface area (Å²) in [6.07, 6.45) is 4.68. The normalized spacial score (nSPS) is 14.6. The second kappa shape index (κ2) is 5.44. The fourth-order valence-electron chi connectivity index (χ4n) is 1.93. The minimum atomic E-state index is -0.518. The van der Waals surface area contributed by atoms with Crippen molar-refractivity contribution in [1.29, 1.82) is 0 Å². The van der Waals surface area contributed by atoms with Gasteiger partial charge in [0.2, 0.25) is 5.91 Å². The van der Waals surface area contributed by atoms with Gasteiger partial charge in [-0.2, -0.15) is 0 Å². The van der Waals surface area contributed by atoms with Crippen LogP contribution in [-0.4, -0.2) is 40.3 Å². The number of amides is 1. The van der Waals surface area contributed by atoms with Gasteiger partial charge in [0.15, 0.2) is 0 Å². The number of hydrogen-bond acceptors (Lipinski definition) is 5. The van der Waals surface area contributed by atoms with Gasteiger partial charge in [-0.05, 0) is 18.9 Å². The monoisotopic (exact) mass is 250 g/mol. The van der Waals surface area contributed by atoms with E-state index in [4.69, 9.17) is 0 Å². The van der Waals surface area contributed by atoms with Gasteiger partial charge in [-0.1, -0.05) is 0 Å². The van der Waals surface area contributed by atoms with Crippen LogP contribution in [0.3, 0.4) is 0 Å². The van der Waals surface area contributed by atoms with Crippen LogP contribution < -0.4 is 5.32 Å². The summed E-state index contributed by atoms with van der Waals surface area (Å²) in [6.45, 7) is 1.63. The number of nitrogens with zero attached hydrogens (tertiary/aromatic N) is 3. The SMILES string of the molecule is O=C(CNc1ccncc1[N+](=O)[O-])N1CCCC1. The molecule has 96 valence electrons. The van der Waals surface area contributed by atoms with Gasteiger partial charge in [-0.3, -0.25) is 19.9 Å². The molecular formula is C11H14N4O3. The van der Waals surface area contributed by atoms with E-state index in [1.807, 2.05) is 0 Å². The van der Waals surface area contributed by atoms with Crippen LogP contribution >= 0.6 is 0 Å². The average molecular weight is 250 g/mol. The van der Waals surface area contributed by atoms with Gasteiger partial charge in [-0.25, -0.2) is 0 Å². The Morgan fingerprint density at radius 1 is 1.50 bits per heavy atom. The smallest absolute Gasteiger partial charge is 0.310 e. The minimum absolute atomic E-state index is 0.0291. The second-order valence-electron chi connectivity index (χ2n) is 4.09. The molecule has 1 amide bonds. The number of pyridine rings is 1. The van der Waals surface area contributed by atoms with Crippen molar-refractivity contribution in [3.05, 3.63) is 28.6 Å². The van der Waals surface area contributed by atoms with E-state index in [0.717, 1.165) is 25.9 Å². The van der Waals surface area contributed by atoms with E-state index in [-0.39, 0.29) is 18.1 Å². The van der Waals surface area contributed by atoms with Crippen LogP contribution in [0.4, 0.5) is 11.4 Å². The number of anilines is 1. The molecular weight excluding hydrogens is 236 g/mol. The number of rotatable bonds is 4. The largest absolute Gasteiger partial charge is 0.370 e. The molecule has 1 aliphatic heterocycles. The lowest BCUT2D eigenvalue weighted by atomic mass is 10.3. The molecule has 2 heterocycles. The molecule has 7 heteroatoms. The van der Waals surface area contributed by atoms with Crippen molar-refractivity contribution in [2.24, 2.45) is 0 Å². The highest BCUT2D eigenvalue weighted by Gasteiger charge is 2.19. The summed E-state index contributed by atoms with van der Waals surface area (Å²) in [5.41, 5.74) is 0.203. The number of nitrogens with one attached hydrogen (secondary N) is 1. The highest BCUT2D eigenvalue weighted by Crippen LogP contribution is 2.21. The Hall–Kier alpha value is -2.18. The Kier molecular flexibility index (Phi) is 3.71. The Balaban J connectivity index is 1.97. The molecule has 1 N–H and O–H groups in total. The topological polar surface area (TPSA) is 88.4 Å². The molecule has 1 aromatic rings. The molecule has 0 unspecified atom stereocenters. The lowest BCUT2D eigenvalue weighted by molar-refractivity contribution is -0.384. The third-order valence-electron chi connectivity index (χ3n) is 2.89. The zero-order valence-electron chi connectivity index (χ0n) is 9.83. The van der Waals surface area contributed by atoms with Crippen LogP contribution in [-0.2, 0) is 4.79 Å². The summed E-state index contributed by atoms with van der Waals surface area (Å²) in [7, 11) is 0. The maximum Gasteiger partial charge on any atom is 0.310 e. The number of aromatic nitrogens is 1. The van der Waals surface area contributed by atoms with Gasteiger partial charge in [0, 0.05) is 19.3 Å². The molecule has 1 aromatic heterocycles. The van der Waals surface area contributed by atoms with Crippen LogP contribution in [0.1, 0.15) is 12.8 Å². The van der Waals surface area contributed by atoms with Crippen molar-refractivity contribution in [1.82, 2.24) is 9.88 Å². The van der Waals surface area contributed by atoms with E-state index in [9.17, 15) is 14.9 Å². The maximum atomic E-state index is 11.8. The lowest BCUT2D eigenvalue weighted by Gasteiger charge is -2.15. The van der Waals surface area contributed by atoms with E-state index in [1.165, 1.54) is 18.5 Å². The molecule has 2 rings (SSSR count). The average Bonchev–Trinajstić information content (AvgIpc) is 2.90. The van der Waals surface area contributed by atoms with Crippen molar-refractivity contribution >= 4 is 17.3 Å². The van der Waals surface area contributed by atoms with Crippen molar-refractivity contribution in [2.75, 3.05) is 25.0 Å². The van der Waals surface area contributed by atoms with E-state index in [0.29, 0.717) is 5.69 Å². The Labute approximate surface area is 104 Å². The molecule has 0 atom stereocenters. The molecule has 0 aliphatic carbocycles. The maximum absolute atomic E-state index is 11.8. The van der Waals surface area contributed by atoms with Crippen LogP contribution in [0.25, 0.3) is 0 Å². The molecule has 1 fully saturated rings. The van der Waals surface area contributed by atoms with Gasteiger partial charge < -0.3 is 10.2 Å². The first kappa shape index (κ1) is 12.3. The summed E-state index contributed by atoms with van der Waals surface area (Å²) in [4.78, 5) is 27.5. The van der Waals surface area contributed by atoms with Crippen molar-refractivity contribution in [2.45, 2.75) is 12.8 Å². The van der Waals surface area contributed by atoms with Crippen molar-refractivity contribution in [3.8, 4) is 0 Å². The van der Waals surface area contributed by atoms with E-state index in [1.54, 1.807) is 4.90 Å². The molecule has 0 saturated carbocycles. The van der Waals surface area contributed by atoms with Gasteiger partial charge in [0.05, 0.1) is 11.5 Å². The molecule has 7 nitrogen and oxygen atoms in total. The first-order valence-electron chi connectivity index (χ1n) is 5.78. The molecule has 0 radical (unpaired) electrons. The van der Waals surface area contributed by atoms with Crippen LogP contribution in [0.2, 0.25) is 0 Å². The van der Waals surface area contributed by atoms with E-state index in [2.05, 4.69) is 10.3 Å². The van der Waals surface area contributed by atoms with E-state index < -0.39 is 4.92 Å². The predicted molar refractivity (Wildman–Crippen MR) is 65.2 cm³/mol. The van der Waals surface area contributed by atoms with Crippen molar-refractivity contribution < 1.29 is 9.72 Å². The Morgan fingerprint density at radius 3 is 2.89 bits per heavy atom. The molecule has 1 aliphatic rings. The second-order valence-corrected chi connectivity index (χ2v) is 4.09. The fraction of sp³-hybridized carbons (Fsp3) is 0.455. The summed E-state index contributed by atoms with van der Waals surface area (Å²) < 4.78 is 0. The quantitative estimate of drug-likeness (QED) is 0.636. The minimum Gasteiger partial charge on any atom is -0.370 e. The number of carbonyl (C=O) groups is 1. The third-order valence-corrected chi connectivity index (χ3v) is 2.89. The first-order chi connectivity index (χ1) is 8.68. The summed E-state index contributed by atoms with van der Waals surface area (Å²) in [5.74, 6) is -0.0291. The fourth-order valence-corrected chi connectivity index (χ4v) is 1.93. The van der Waals surface area contributed by atoms with Crippen molar-refractivity contribution in [3.63, 3.8) is 0 Å². The van der Waals surface area contributed by atoms with Crippen LogP contribution in [0.15, 0.2) is 18.5 Å². The molecule has 18 heavy (non-hydrogen) atoms. The number of carbonyl (C=O) groups excluding carboxylic acids is 1. The number of hydrogen-bond donors (Lipinski definition) is 1. The highest BCUT2D eigenvalue weighted by atomic mass is 16.6. The summed E-state index contributed by atoms with van der Waals surface area (Å²) >= 11 is 0. The first-order valence-corrected chi connectivity index (χ1v) is 5.78. The summed E-state index contributed by atoms with van der Waals surface area (Å²) in [6, 6.07) is 1.50. The zero-order valence-corrected chi connectivity index (χ0v) is 9.83. The third kappa shape index (κ3) is 2.73. The van der Waals surface area contributed by atoms with Crippen LogP contribution in [0.5, 0.6) is 0 Å². The lowest BCUT2D eigenvalue weighted by Crippen LogP contribution is -2.33. The van der Waals surface area contributed by atoms with Gasteiger partial charge in [0.1, 0.15) is 11.9 Å². The van der Waals surface area contributed by atoms with Gasteiger partial charge >= 0.3 is 5.69 Å². The zero-order chi connectivity index (χ0) is 13.0. The highest BCUT2D eigenvalue weighted by molar-refractivity contribution is 5.81. The predicted octanol–water partition coefficient (Wildman–Crippen LogP) is 1.02. The Morgan fingerprint density at radius 2 is 2.22 bits per heavy atom. The van der Waals surface area contributed by atoms with E-state index >= 15 is 0 Å². The number of nitro groups is 1. The number of likely N-dealkylation sites (tertiary alicyclic amines) is 1. The Bertz CT molecular complexity index is 457. The molecule has 1 saturated heterocycles. The van der Waals surface area contributed by atoms with Gasteiger partial charge in [0.25, 0.3) is 0 Å².